The van der Waals surface area contributed by atoms with Crippen molar-refractivity contribution in [2.24, 2.45) is 0 Å². The predicted octanol–water partition coefficient (Wildman–Crippen LogP) is 6.34. The summed E-state index contributed by atoms with van der Waals surface area (Å²) in [6, 6.07) is 13.9. The summed E-state index contributed by atoms with van der Waals surface area (Å²) in [4.78, 5) is 0. The van der Waals surface area contributed by atoms with E-state index in [2.05, 4.69) is 38.1 Å². The third kappa shape index (κ3) is 6.98. The Morgan fingerprint density at radius 1 is 0.619 bits per heavy atom. The minimum absolute atomic E-state index is 0.264. The number of rotatable bonds is 0. The van der Waals surface area contributed by atoms with Crippen molar-refractivity contribution in [1.82, 2.24) is 0 Å². The van der Waals surface area contributed by atoms with E-state index in [0.29, 0.717) is 0 Å². The summed E-state index contributed by atoms with van der Waals surface area (Å²) in [5, 5.41) is 0. The van der Waals surface area contributed by atoms with Gasteiger partial charge >= 0.3 is 6.18 Å². The first-order valence-electron chi connectivity index (χ1n) is 6.97. The highest BCUT2D eigenvalue weighted by Crippen LogP contribution is 2.31. The molecule has 0 bridgehead atoms. The van der Waals surface area contributed by atoms with E-state index in [1.54, 1.807) is 6.07 Å². The molecular formula is C18H23F3. The number of hydrogen-bond donors (Lipinski definition) is 0. The molecule has 116 valence electrons. The lowest BCUT2D eigenvalue weighted by atomic mass is 10.1. The van der Waals surface area contributed by atoms with Gasteiger partial charge in [0.05, 0.1) is 5.56 Å². The first kappa shape index (κ1) is 19.2. The number of alkyl halides is 3. The molecule has 0 unspecified atom stereocenters. The van der Waals surface area contributed by atoms with Crippen LogP contribution in [0.4, 0.5) is 13.2 Å². The summed E-state index contributed by atoms with van der Waals surface area (Å²) in [6.45, 7) is 9.69. The van der Waals surface area contributed by atoms with E-state index < -0.39 is 11.7 Å². The molecule has 3 heteroatoms. The predicted molar refractivity (Wildman–Crippen MR) is 83.4 cm³/mol. The quantitative estimate of drug-likeness (QED) is 0.532. The molecular weight excluding hydrogens is 273 g/mol. The van der Waals surface area contributed by atoms with Gasteiger partial charge in [-0.1, -0.05) is 56.3 Å². The molecule has 0 saturated carbocycles. The Bertz CT molecular complexity index is 507. The van der Waals surface area contributed by atoms with Gasteiger partial charge in [0.1, 0.15) is 0 Å². The lowest BCUT2D eigenvalue weighted by Gasteiger charge is -2.08. The average Bonchev–Trinajstić information content (AvgIpc) is 2.44. The maximum absolute atomic E-state index is 12.0. The van der Waals surface area contributed by atoms with E-state index in [4.69, 9.17) is 0 Å². The van der Waals surface area contributed by atoms with Crippen LogP contribution < -0.4 is 0 Å². The van der Waals surface area contributed by atoms with Gasteiger partial charge in [-0.25, -0.2) is 0 Å². The fourth-order valence-corrected chi connectivity index (χ4v) is 1.55. The van der Waals surface area contributed by atoms with Crippen LogP contribution in [-0.4, -0.2) is 0 Å². The van der Waals surface area contributed by atoms with E-state index in [1.165, 1.54) is 30.2 Å². The Hall–Kier alpha value is -1.77. The fraction of sp³-hybridized carbons (Fsp3) is 0.333. The second-order valence-electron chi connectivity index (χ2n) is 4.40. The Morgan fingerprint density at radius 2 is 0.952 bits per heavy atom. The van der Waals surface area contributed by atoms with Crippen LogP contribution in [0.5, 0.6) is 0 Å². The zero-order chi connectivity index (χ0) is 16.5. The normalized spacial score (nSPS) is 9.90. The molecule has 2 aromatic rings. The Morgan fingerprint density at radius 3 is 1.19 bits per heavy atom. The molecule has 2 aromatic carbocycles. The zero-order valence-corrected chi connectivity index (χ0v) is 13.3. The van der Waals surface area contributed by atoms with Crippen LogP contribution in [0.15, 0.2) is 48.5 Å². The Balaban J connectivity index is 0.000000354. The van der Waals surface area contributed by atoms with Gasteiger partial charge in [-0.05, 0) is 43.5 Å². The molecule has 0 fully saturated rings. The zero-order valence-electron chi connectivity index (χ0n) is 13.3. The molecule has 0 aromatic heterocycles. The highest BCUT2D eigenvalue weighted by molar-refractivity contribution is 5.27. The number of aryl methyl sites for hydroxylation is 3. The van der Waals surface area contributed by atoms with Gasteiger partial charge in [0.2, 0.25) is 0 Å². The molecule has 0 amide bonds. The fourth-order valence-electron chi connectivity index (χ4n) is 1.55. The summed E-state index contributed by atoms with van der Waals surface area (Å²) >= 11 is 0. The summed E-state index contributed by atoms with van der Waals surface area (Å²) in [5.74, 6) is 0. The number of hydrogen-bond acceptors (Lipinski definition) is 0. The molecule has 0 aliphatic heterocycles. The summed E-state index contributed by atoms with van der Waals surface area (Å²) in [5.41, 5.74) is 2.44. The van der Waals surface area contributed by atoms with Crippen LogP contribution in [0.1, 0.15) is 36.1 Å². The molecule has 0 aliphatic rings. The summed E-state index contributed by atoms with van der Waals surface area (Å²) in [7, 11) is 0. The van der Waals surface area contributed by atoms with Crippen LogP contribution in [-0.2, 0) is 6.18 Å². The van der Waals surface area contributed by atoms with Crippen molar-refractivity contribution < 1.29 is 13.2 Å². The van der Waals surface area contributed by atoms with Crippen molar-refractivity contribution >= 4 is 0 Å². The largest absolute Gasteiger partial charge is 0.416 e. The van der Waals surface area contributed by atoms with Crippen LogP contribution in [0, 0.1) is 20.8 Å². The van der Waals surface area contributed by atoms with Crippen molar-refractivity contribution in [3.63, 3.8) is 0 Å². The highest BCUT2D eigenvalue weighted by atomic mass is 19.4. The van der Waals surface area contributed by atoms with Crippen molar-refractivity contribution in [3.05, 3.63) is 70.8 Å². The first-order chi connectivity index (χ1) is 9.82. The average molecular weight is 296 g/mol. The van der Waals surface area contributed by atoms with Gasteiger partial charge < -0.3 is 0 Å². The Kier molecular flexibility index (Phi) is 8.44. The van der Waals surface area contributed by atoms with Crippen LogP contribution in [0.2, 0.25) is 0 Å². The third-order valence-corrected chi connectivity index (χ3v) is 2.88. The standard InChI is InChI=1S/C8H7F3.C8H10.C2H6/c1-6-4-2-3-5-7(6)8(9,10)11;1-7-5-3-4-6-8(7)2;1-2/h2-5H,1H3;3-6H,1-2H3;1-2H3. The van der Waals surface area contributed by atoms with Gasteiger partial charge in [-0.15, -0.1) is 0 Å². The molecule has 0 heterocycles. The van der Waals surface area contributed by atoms with Crippen molar-refractivity contribution in [3.8, 4) is 0 Å². The second-order valence-corrected chi connectivity index (χ2v) is 4.40. The summed E-state index contributed by atoms with van der Waals surface area (Å²) in [6.07, 6.45) is -4.22. The number of halogens is 3. The van der Waals surface area contributed by atoms with E-state index in [1.807, 2.05) is 13.8 Å². The SMILES string of the molecule is CC.Cc1ccccc1C.Cc1ccccc1C(F)(F)F. The van der Waals surface area contributed by atoms with Crippen molar-refractivity contribution in [2.75, 3.05) is 0 Å². The molecule has 0 atom stereocenters. The van der Waals surface area contributed by atoms with Gasteiger partial charge in [0.25, 0.3) is 0 Å². The lowest BCUT2D eigenvalue weighted by Crippen LogP contribution is -2.06. The molecule has 0 aliphatic carbocycles. The van der Waals surface area contributed by atoms with Crippen LogP contribution in [0.25, 0.3) is 0 Å². The van der Waals surface area contributed by atoms with E-state index in [-0.39, 0.29) is 5.56 Å². The van der Waals surface area contributed by atoms with Crippen molar-refractivity contribution in [2.45, 2.75) is 40.8 Å². The maximum Gasteiger partial charge on any atom is 0.416 e. The topological polar surface area (TPSA) is 0 Å². The lowest BCUT2D eigenvalue weighted by molar-refractivity contribution is -0.138. The minimum atomic E-state index is -4.22. The van der Waals surface area contributed by atoms with E-state index >= 15 is 0 Å². The molecule has 21 heavy (non-hydrogen) atoms. The third-order valence-electron chi connectivity index (χ3n) is 2.88. The van der Waals surface area contributed by atoms with Crippen LogP contribution >= 0.6 is 0 Å². The Labute approximate surface area is 125 Å². The first-order valence-corrected chi connectivity index (χ1v) is 6.97. The highest BCUT2D eigenvalue weighted by Gasteiger charge is 2.31. The molecule has 0 saturated heterocycles. The monoisotopic (exact) mass is 296 g/mol. The van der Waals surface area contributed by atoms with Gasteiger partial charge in [-0.3, -0.25) is 0 Å². The second kappa shape index (κ2) is 9.22. The number of benzene rings is 2. The molecule has 0 spiro atoms. The van der Waals surface area contributed by atoms with E-state index in [0.717, 1.165) is 6.07 Å². The smallest absolute Gasteiger partial charge is 0.166 e. The molecule has 0 N–H and O–H groups in total. The van der Waals surface area contributed by atoms with Gasteiger partial charge in [0.15, 0.2) is 0 Å². The van der Waals surface area contributed by atoms with Gasteiger partial charge in [-0.2, -0.15) is 13.2 Å². The van der Waals surface area contributed by atoms with Gasteiger partial charge in [0, 0.05) is 0 Å². The summed E-state index contributed by atoms with van der Waals surface area (Å²) < 4.78 is 36.1. The van der Waals surface area contributed by atoms with Crippen molar-refractivity contribution in [1.29, 1.82) is 0 Å². The minimum Gasteiger partial charge on any atom is -0.166 e. The molecule has 0 nitrogen and oxygen atoms in total. The maximum atomic E-state index is 12.0. The van der Waals surface area contributed by atoms with Crippen LogP contribution in [0.3, 0.4) is 0 Å². The molecule has 0 radical (unpaired) electrons. The molecule has 2 rings (SSSR count). The van der Waals surface area contributed by atoms with E-state index in [9.17, 15) is 13.2 Å².